The van der Waals surface area contributed by atoms with Gasteiger partial charge >= 0.3 is 0 Å². The lowest BCUT2D eigenvalue weighted by molar-refractivity contribution is -0.116. The third-order valence-electron chi connectivity index (χ3n) is 3.17. The van der Waals surface area contributed by atoms with Gasteiger partial charge in [0.05, 0.1) is 6.54 Å². The molecule has 0 aliphatic heterocycles. The third kappa shape index (κ3) is 4.36. The summed E-state index contributed by atoms with van der Waals surface area (Å²) in [6.45, 7) is 0.753. The number of aromatic nitrogens is 1. The van der Waals surface area contributed by atoms with Gasteiger partial charge in [0, 0.05) is 17.2 Å². The lowest BCUT2D eigenvalue weighted by atomic mass is 10.3. The van der Waals surface area contributed by atoms with E-state index in [-0.39, 0.29) is 5.91 Å². The highest BCUT2D eigenvalue weighted by Crippen LogP contribution is 2.16. The molecule has 0 saturated heterocycles. The predicted molar refractivity (Wildman–Crippen MR) is 93.0 cm³/mol. The number of ether oxygens (including phenoxy) is 1. The minimum absolute atomic E-state index is 0.239. The summed E-state index contributed by atoms with van der Waals surface area (Å²) >= 11 is 5.79. The molecule has 122 valence electrons. The molecule has 1 aromatic heterocycles. The molecular formula is C18H15ClN2O3. The number of hydrogen-bond donors (Lipinski definition) is 1. The summed E-state index contributed by atoms with van der Waals surface area (Å²) in [5.41, 5.74) is 1.45. The van der Waals surface area contributed by atoms with Crippen molar-refractivity contribution in [1.82, 2.24) is 10.3 Å². The Hall–Kier alpha value is -2.79. The maximum Gasteiger partial charge on any atom is 0.244 e. The summed E-state index contributed by atoms with van der Waals surface area (Å²) in [5.74, 6) is 0.858. The Morgan fingerprint density at radius 3 is 2.79 bits per heavy atom. The molecule has 2 aromatic carbocycles. The van der Waals surface area contributed by atoms with E-state index in [1.807, 2.05) is 24.3 Å². The number of benzene rings is 2. The van der Waals surface area contributed by atoms with Crippen molar-refractivity contribution in [3.05, 3.63) is 65.5 Å². The topological polar surface area (TPSA) is 64.4 Å². The van der Waals surface area contributed by atoms with Crippen molar-refractivity contribution >= 4 is 34.7 Å². The normalized spacial score (nSPS) is 11.0. The summed E-state index contributed by atoms with van der Waals surface area (Å²) < 4.78 is 11.0. The molecule has 0 radical (unpaired) electrons. The Bertz CT molecular complexity index is 823. The SMILES string of the molecule is O=C(/C=C/c1nc2ccccc2o1)NCCOc1ccc(Cl)cc1. The van der Waals surface area contributed by atoms with Crippen molar-refractivity contribution in [3.63, 3.8) is 0 Å². The molecule has 0 fully saturated rings. The molecule has 0 unspecified atom stereocenters. The van der Waals surface area contributed by atoms with Crippen LogP contribution in [-0.2, 0) is 4.79 Å². The molecule has 0 saturated carbocycles. The van der Waals surface area contributed by atoms with Crippen LogP contribution in [-0.4, -0.2) is 24.0 Å². The number of nitrogens with zero attached hydrogens (tertiary/aromatic N) is 1. The number of carbonyl (C=O) groups excluding carboxylic acids is 1. The summed E-state index contributed by atoms with van der Waals surface area (Å²) in [5, 5.41) is 3.37. The molecule has 1 amide bonds. The maximum absolute atomic E-state index is 11.7. The second-order valence-corrected chi connectivity index (χ2v) is 5.38. The fraction of sp³-hybridized carbons (Fsp3) is 0.111. The first-order valence-electron chi connectivity index (χ1n) is 7.40. The Morgan fingerprint density at radius 2 is 2.00 bits per heavy atom. The van der Waals surface area contributed by atoms with Gasteiger partial charge in [-0.2, -0.15) is 0 Å². The van der Waals surface area contributed by atoms with E-state index in [0.717, 1.165) is 5.52 Å². The fourth-order valence-corrected chi connectivity index (χ4v) is 2.17. The Kier molecular flexibility index (Phi) is 5.13. The molecule has 3 aromatic rings. The minimum atomic E-state index is -0.239. The average Bonchev–Trinajstić information content (AvgIpc) is 3.01. The highest BCUT2D eigenvalue weighted by molar-refractivity contribution is 6.30. The molecular weight excluding hydrogens is 328 g/mol. The number of fused-ring (bicyclic) bond motifs is 1. The number of oxazole rings is 1. The molecule has 0 atom stereocenters. The number of para-hydroxylation sites is 2. The van der Waals surface area contributed by atoms with Crippen LogP contribution < -0.4 is 10.1 Å². The quantitative estimate of drug-likeness (QED) is 0.548. The van der Waals surface area contributed by atoms with E-state index in [1.165, 1.54) is 12.2 Å². The van der Waals surface area contributed by atoms with E-state index >= 15 is 0 Å². The van der Waals surface area contributed by atoms with Crippen LogP contribution in [0.25, 0.3) is 17.2 Å². The first-order valence-corrected chi connectivity index (χ1v) is 7.78. The van der Waals surface area contributed by atoms with Gasteiger partial charge in [-0.05, 0) is 36.4 Å². The zero-order valence-corrected chi connectivity index (χ0v) is 13.5. The molecule has 6 heteroatoms. The van der Waals surface area contributed by atoms with Crippen LogP contribution in [0.2, 0.25) is 5.02 Å². The van der Waals surface area contributed by atoms with E-state index in [4.69, 9.17) is 20.8 Å². The Balaban J connectivity index is 1.44. The van der Waals surface area contributed by atoms with Gasteiger partial charge in [-0.25, -0.2) is 4.98 Å². The highest BCUT2D eigenvalue weighted by atomic mass is 35.5. The number of carbonyl (C=O) groups is 1. The monoisotopic (exact) mass is 342 g/mol. The molecule has 0 spiro atoms. The Labute approximate surface area is 143 Å². The van der Waals surface area contributed by atoms with Crippen LogP contribution in [0.5, 0.6) is 5.75 Å². The van der Waals surface area contributed by atoms with E-state index in [0.29, 0.717) is 35.4 Å². The summed E-state index contributed by atoms with van der Waals surface area (Å²) in [6.07, 6.45) is 2.92. The van der Waals surface area contributed by atoms with Gasteiger partial charge in [0.15, 0.2) is 5.58 Å². The van der Waals surface area contributed by atoms with Crippen molar-refractivity contribution in [2.75, 3.05) is 13.2 Å². The van der Waals surface area contributed by atoms with Crippen LogP contribution in [0.4, 0.5) is 0 Å². The second kappa shape index (κ2) is 7.66. The molecule has 3 rings (SSSR count). The number of nitrogens with one attached hydrogen (secondary N) is 1. The van der Waals surface area contributed by atoms with E-state index in [1.54, 1.807) is 24.3 Å². The highest BCUT2D eigenvalue weighted by Gasteiger charge is 2.02. The molecule has 1 heterocycles. The van der Waals surface area contributed by atoms with Crippen LogP contribution >= 0.6 is 11.6 Å². The summed E-state index contributed by atoms with van der Waals surface area (Å²) in [6, 6.07) is 14.5. The van der Waals surface area contributed by atoms with Crippen LogP contribution in [0.3, 0.4) is 0 Å². The lowest BCUT2D eigenvalue weighted by Gasteiger charge is -2.06. The fourth-order valence-electron chi connectivity index (χ4n) is 2.04. The van der Waals surface area contributed by atoms with Gasteiger partial charge in [-0.1, -0.05) is 23.7 Å². The number of amides is 1. The van der Waals surface area contributed by atoms with E-state index < -0.39 is 0 Å². The Morgan fingerprint density at radius 1 is 1.21 bits per heavy atom. The van der Waals surface area contributed by atoms with Gasteiger partial charge in [0.1, 0.15) is 17.9 Å². The van der Waals surface area contributed by atoms with Gasteiger partial charge < -0.3 is 14.5 Å². The van der Waals surface area contributed by atoms with Gasteiger partial charge in [0.2, 0.25) is 11.8 Å². The van der Waals surface area contributed by atoms with Crippen molar-refractivity contribution in [3.8, 4) is 5.75 Å². The van der Waals surface area contributed by atoms with Crippen LogP contribution in [0, 0.1) is 0 Å². The van der Waals surface area contributed by atoms with Crippen molar-refractivity contribution in [1.29, 1.82) is 0 Å². The predicted octanol–water partition coefficient (Wildman–Crippen LogP) is 3.69. The molecule has 0 aliphatic rings. The van der Waals surface area contributed by atoms with Crippen LogP contribution in [0.1, 0.15) is 5.89 Å². The number of halogens is 1. The van der Waals surface area contributed by atoms with Crippen molar-refractivity contribution in [2.45, 2.75) is 0 Å². The van der Waals surface area contributed by atoms with E-state index in [2.05, 4.69) is 10.3 Å². The zero-order chi connectivity index (χ0) is 16.8. The van der Waals surface area contributed by atoms with Gasteiger partial charge in [-0.3, -0.25) is 4.79 Å². The smallest absolute Gasteiger partial charge is 0.244 e. The molecule has 0 aliphatic carbocycles. The lowest BCUT2D eigenvalue weighted by Crippen LogP contribution is -2.26. The summed E-state index contributed by atoms with van der Waals surface area (Å²) in [7, 11) is 0. The molecule has 24 heavy (non-hydrogen) atoms. The summed E-state index contributed by atoms with van der Waals surface area (Å²) in [4.78, 5) is 16.0. The largest absolute Gasteiger partial charge is 0.492 e. The van der Waals surface area contributed by atoms with Crippen molar-refractivity contribution in [2.24, 2.45) is 0 Å². The number of rotatable bonds is 6. The molecule has 0 bridgehead atoms. The number of hydrogen-bond acceptors (Lipinski definition) is 4. The van der Waals surface area contributed by atoms with E-state index in [9.17, 15) is 4.79 Å². The standard InChI is InChI=1S/C18H15ClN2O3/c19-13-5-7-14(8-6-13)23-12-11-20-17(22)9-10-18-21-15-3-1-2-4-16(15)24-18/h1-10H,11-12H2,(H,20,22)/b10-9+. The third-order valence-corrected chi connectivity index (χ3v) is 3.42. The van der Waals surface area contributed by atoms with Crippen LogP contribution in [0.15, 0.2) is 59.0 Å². The average molecular weight is 343 g/mol. The molecule has 1 N–H and O–H groups in total. The first kappa shape index (κ1) is 16.1. The second-order valence-electron chi connectivity index (χ2n) is 4.95. The van der Waals surface area contributed by atoms with Crippen molar-refractivity contribution < 1.29 is 13.9 Å². The first-order chi connectivity index (χ1) is 11.7. The minimum Gasteiger partial charge on any atom is -0.492 e. The maximum atomic E-state index is 11.7. The molecule has 5 nitrogen and oxygen atoms in total. The van der Waals surface area contributed by atoms with Gasteiger partial charge in [-0.15, -0.1) is 0 Å². The van der Waals surface area contributed by atoms with Gasteiger partial charge in [0.25, 0.3) is 0 Å². The zero-order valence-electron chi connectivity index (χ0n) is 12.7.